The van der Waals surface area contributed by atoms with E-state index < -0.39 is 11.6 Å². The van der Waals surface area contributed by atoms with Crippen LogP contribution in [0.15, 0.2) is 194 Å². The molecule has 18 heteroatoms. The molecule has 4 aliphatic rings. The molecule has 0 radical (unpaired) electrons. The van der Waals surface area contributed by atoms with Crippen molar-refractivity contribution in [1.82, 2.24) is 31.0 Å². The van der Waals surface area contributed by atoms with Crippen LogP contribution in [0.25, 0.3) is 0 Å². The largest absolute Gasteiger partial charge is 0.489 e. The van der Waals surface area contributed by atoms with Gasteiger partial charge in [-0.25, -0.2) is 5.84 Å². The number of nitrogens with two attached hydrogens (primary N) is 1. The second kappa shape index (κ2) is 37.2. The van der Waals surface area contributed by atoms with Gasteiger partial charge in [0, 0.05) is 29.8 Å². The fraction of sp³-hybridized carbons (Fsp3) is 0.358. The zero-order chi connectivity index (χ0) is 68.3. The molecule has 2 aliphatic heterocycles. The number of nitrogen functional groups attached to an aromatic ring is 1. The Morgan fingerprint density at radius 2 is 0.879 bits per heavy atom. The van der Waals surface area contributed by atoms with Gasteiger partial charge in [0.1, 0.15) is 41.9 Å². The molecule has 0 aromatic heterocycles. The van der Waals surface area contributed by atoms with Gasteiger partial charge in [0.2, 0.25) is 0 Å². The summed E-state index contributed by atoms with van der Waals surface area (Å²) < 4.78 is 29.3. The minimum atomic E-state index is -0.394. The summed E-state index contributed by atoms with van der Waals surface area (Å²) in [6.45, 7) is 27.0. The van der Waals surface area contributed by atoms with E-state index in [4.69, 9.17) is 29.5 Å². The number of amides is 3. The van der Waals surface area contributed by atoms with E-state index >= 15 is 0 Å². The van der Waals surface area contributed by atoms with E-state index in [0.717, 1.165) is 91.8 Å². The molecule has 2 atom stereocenters. The number of hydrogen-bond donors (Lipinski definition) is 4. The molecule has 0 bridgehead atoms. The highest BCUT2D eigenvalue weighted by molar-refractivity contribution is 7.59. The van der Waals surface area contributed by atoms with Gasteiger partial charge in [-0.1, -0.05) is 162 Å². The van der Waals surface area contributed by atoms with Crippen molar-refractivity contribution in [1.29, 1.82) is 0 Å². The molecule has 2 spiro atoms. The summed E-state index contributed by atoms with van der Waals surface area (Å²) in [7, 11) is 0. The Morgan fingerprint density at radius 1 is 0.505 bits per heavy atom. The van der Waals surface area contributed by atoms with Crippen molar-refractivity contribution in [3.63, 3.8) is 0 Å². The van der Waals surface area contributed by atoms with E-state index in [0.29, 0.717) is 54.5 Å². The van der Waals surface area contributed by atoms with E-state index in [1.807, 2.05) is 111 Å². The molecule has 99 heavy (non-hydrogen) atoms. The van der Waals surface area contributed by atoms with E-state index in [-0.39, 0.29) is 63.0 Å². The van der Waals surface area contributed by atoms with Gasteiger partial charge in [-0.2, -0.15) is 27.0 Å². The zero-order valence-corrected chi connectivity index (χ0v) is 60.3. The van der Waals surface area contributed by atoms with E-state index in [2.05, 4.69) is 140 Å². The number of hydrogen-bond acceptors (Lipinski definition) is 13. The van der Waals surface area contributed by atoms with E-state index in [1.165, 1.54) is 47.5 Å². The number of carbonyl (C=O) groups excluding carboxylic acids is 4. The van der Waals surface area contributed by atoms with Gasteiger partial charge in [0.25, 0.3) is 24.2 Å². The fourth-order valence-electron chi connectivity index (χ4n) is 13.4. The lowest BCUT2D eigenvalue weighted by molar-refractivity contribution is -0.120. The molecule has 0 unspecified atom stereocenters. The van der Waals surface area contributed by atoms with Crippen LogP contribution in [0, 0.1) is 13.8 Å². The number of hydrazine groups is 2. The average molecular weight is 1380 g/mol. The molecule has 3 amide bonds. The molecule has 2 heterocycles. The first-order chi connectivity index (χ1) is 46.3. The average Bonchev–Trinajstić information content (AvgIpc) is 1.63. The Balaban J connectivity index is 0.000000238. The van der Waals surface area contributed by atoms with Crippen molar-refractivity contribution in [2.24, 2.45) is 5.84 Å². The van der Waals surface area contributed by atoms with Crippen LogP contribution in [0.3, 0.4) is 0 Å². The van der Waals surface area contributed by atoms with Gasteiger partial charge in [0.15, 0.2) is 0 Å². The molecule has 8 aromatic rings. The fourth-order valence-corrected chi connectivity index (χ4v) is 13.4. The number of ether oxygens (including phenoxy) is 5. The number of fused-ring (bicyclic) bond motifs is 2. The van der Waals surface area contributed by atoms with Crippen LogP contribution in [0.5, 0.6) is 17.2 Å². The van der Waals surface area contributed by atoms with E-state index in [1.54, 1.807) is 36.4 Å². The SMILES string of the molecule is C.CC1(C)OC[C@@]2(CCc3ccc(OC=O)cc3C2)N1Cc1ccccc1.CCN(CC)CC.Cc1cc(C(=O)NN)ccc1OCc1ccccc1.Cc1cc(C(=O)NNC(=O)c2ccc3c(c2)C[C@@]2(CC3)COC(C)(C)N2Cc2ccccc2)ccc1OCc1ccccc1.S.S. The third kappa shape index (κ3) is 20.9. The molecular weight excluding hydrogens is 1280 g/mol. The highest BCUT2D eigenvalue weighted by atomic mass is 32.1. The first-order valence-corrected chi connectivity index (χ1v) is 33.4. The number of aryl methyl sites for hydroxylation is 4. The smallest absolute Gasteiger partial charge is 0.298 e. The van der Waals surface area contributed by atoms with Crippen LogP contribution >= 0.6 is 27.0 Å². The second-order valence-electron chi connectivity index (χ2n) is 26.1. The molecule has 528 valence electrons. The Bertz CT molecular complexity index is 3880. The summed E-state index contributed by atoms with van der Waals surface area (Å²) in [5, 5.41) is 0. The Hall–Kier alpha value is -8.30. The topological polar surface area (TPSA) is 186 Å². The van der Waals surface area contributed by atoms with Crippen molar-refractivity contribution in [2.75, 3.05) is 32.8 Å². The molecule has 2 fully saturated rings. The molecular formula is C81H103N7O9S2. The lowest BCUT2D eigenvalue weighted by Gasteiger charge is -2.45. The zero-order valence-electron chi connectivity index (χ0n) is 58.3. The van der Waals surface area contributed by atoms with Gasteiger partial charge in [-0.15, -0.1) is 0 Å². The molecule has 5 N–H and O–H groups in total. The maximum Gasteiger partial charge on any atom is 0.298 e. The van der Waals surface area contributed by atoms with Crippen LogP contribution in [0.4, 0.5) is 0 Å². The second-order valence-corrected chi connectivity index (χ2v) is 26.1. The monoisotopic (exact) mass is 1380 g/mol. The molecule has 0 saturated carbocycles. The molecule has 16 nitrogen and oxygen atoms in total. The highest BCUT2D eigenvalue weighted by Gasteiger charge is 2.54. The van der Waals surface area contributed by atoms with Crippen molar-refractivity contribution in [3.05, 3.63) is 266 Å². The van der Waals surface area contributed by atoms with Crippen LogP contribution in [-0.4, -0.2) is 94.3 Å². The van der Waals surface area contributed by atoms with Crippen molar-refractivity contribution in [3.8, 4) is 17.2 Å². The predicted octanol–water partition coefficient (Wildman–Crippen LogP) is 14.2. The Labute approximate surface area is 601 Å². The van der Waals surface area contributed by atoms with Crippen molar-refractivity contribution < 1.29 is 42.9 Å². The first kappa shape index (κ1) is 79.7. The summed E-state index contributed by atoms with van der Waals surface area (Å²) >= 11 is 0. The number of nitrogens with zero attached hydrogens (tertiary/aromatic N) is 3. The quantitative estimate of drug-likeness (QED) is 0.0275. The molecule has 8 aromatic carbocycles. The summed E-state index contributed by atoms with van der Waals surface area (Å²) in [5.41, 5.74) is 19.3. The summed E-state index contributed by atoms with van der Waals surface area (Å²) in [4.78, 5) is 55.5. The number of benzene rings is 8. The third-order valence-corrected chi connectivity index (χ3v) is 18.9. The summed E-state index contributed by atoms with van der Waals surface area (Å²) in [6.07, 6.45) is 5.71. The Kier molecular flexibility index (Phi) is 30.0. The number of nitrogens with one attached hydrogen (secondary N) is 3. The summed E-state index contributed by atoms with van der Waals surface area (Å²) in [5.74, 6) is 6.12. The number of carbonyl (C=O) groups is 4. The minimum Gasteiger partial charge on any atom is -0.489 e. The van der Waals surface area contributed by atoms with Gasteiger partial charge in [-0.05, 0) is 216 Å². The number of rotatable bonds is 18. The van der Waals surface area contributed by atoms with Gasteiger partial charge in [0.05, 0.1) is 24.3 Å². The van der Waals surface area contributed by atoms with Gasteiger partial charge < -0.3 is 28.6 Å². The lowest BCUT2D eigenvalue weighted by Crippen LogP contribution is -2.54. The lowest BCUT2D eigenvalue weighted by atomic mass is 9.76. The van der Waals surface area contributed by atoms with Crippen LogP contribution in [-0.2, 0) is 66.3 Å². The van der Waals surface area contributed by atoms with Crippen LogP contribution in [0.1, 0.15) is 155 Å². The van der Waals surface area contributed by atoms with Crippen molar-refractivity contribution >= 4 is 51.2 Å². The van der Waals surface area contributed by atoms with E-state index in [9.17, 15) is 19.2 Å². The van der Waals surface area contributed by atoms with Crippen molar-refractivity contribution in [2.45, 2.75) is 157 Å². The van der Waals surface area contributed by atoms with Gasteiger partial charge in [-0.3, -0.25) is 45.3 Å². The molecule has 12 rings (SSSR count). The van der Waals surface area contributed by atoms with Crippen LogP contribution < -0.4 is 36.3 Å². The minimum absolute atomic E-state index is 0. The normalized spacial score (nSPS) is 17.4. The Morgan fingerprint density at radius 3 is 1.26 bits per heavy atom. The first-order valence-electron chi connectivity index (χ1n) is 33.4. The third-order valence-electron chi connectivity index (χ3n) is 18.9. The highest BCUT2D eigenvalue weighted by Crippen LogP contribution is 2.46. The maximum atomic E-state index is 13.1. The predicted molar refractivity (Wildman–Crippen MR) is 405 cm³/mol. The van der Waals surface area contributed by atoms with Crippen LogP contribution in [0.2, 0.25) is 0 Å². The molecule has 2 saturated heterocycles. The standard InChI is InChI=1S/C37H39N3O4.C22H25NO3.C15H16N2O2.C6H15N.CH4.2H2S/c1-26-20-30(16-17-33(26)43-24-28-12-8-5-9-13-28)34(41)38-39-35(42)31-15-14-29-18-19-37(22-32(29)21-31)25-44-36(2,3)40(37)23-27-10-6-4-7-11-27;1-21(2)23(14-17-6-4-3-5-7-17)22(15-26-21)11-10-18-8-9-20(25-16-24)12-19(18)13-22;1-11-9-13(15(18)17-16)7-8-14(11)19-10-12-5-3-2-4-6-12;1-4-7(5-2)6-3;;;/h4-17,20-21H,18-19,22-25H2,1-3H3,(H,38,41)(H,39,42);3-9,12,16H,10-11,13-15H2,1-2H3;2-9H,10,16H2,1H3,(H,17,18);4-6H2,1-3H3;1H4;2*1H2/t37-;22-;;;;;/m00...../s1. The summed E-state index contributed by atoms with van der Waals surface area (Å²) in [6, 6.07) is 63.2. The molecule has 2 aliphatic carbocycles. The van der Waals surface area contributed by atoms with Gasteiger partial charge >= 0.3 is 0 Å². The maximum absolute atomic E-state index is 13.1.